The van der Waals surface area contributed by atoms with Gasteiger partial charge in [-0.1, -0.05) is 18.2 Å². The number of amides is 1. The quantitative estimate of drug-likeness (QED) is 0.786. The highest BCUT2D eigenvalue weighted by molar-refractivity contribution is 5.94. The van der Waals surface area contributed by atoms with Crippen molar-refractivity contribution in [2.24, 2.45) is 0 Å². The highest BCUT2D eigenvalue weighted by atomic mass is 16.3. The van der Waals surface area contributed by atoms with Crippen molar-refractivity contribution in [3.05, 3.63) is 35.9 Å². The van der Waals surface area contributed by atoms with E-state index in [1.807, 2.05) is 30.3 Å². The summed E-state index contributed by atoms with van der Waals surface area (Å²) in [6.45, 7) is 3.62. The van der Waals surface area contributed by atoms with Gasteiger partial charge in [0.15, 0.2) is 0 Å². The fourth-order valence-electron chi connectivity index (χ4n) is 2.34. The van der Waals surface area contributed by atoms with Crippen molar-refractivity contribution in [3.63, 3.8) is 0 Å². The maximum Gasteiger partial charge on any atom is 0.251 e. The molecular formula is C15H22N2O2. The highest BCUT2D eigenvalue weighted by Gasteiger charge is 2.16. The molecule has 1 aliphatic rings. The van der Waals surface area contributed by atoms with Crippen LogP contribution < -0.4 is 5.32 Å². The van der Waals surface area contributed by atoms with Gasteiger partial charge >= 0.3 is 0 Å². The number of likely N-dealkylation sites (tertiary alicyclic amines) is 1. The lowest BCUT2D eigenvalue weighted by Crippen LogP contribution is -2.37. The van der Waals surface area contributed by atoms with Crippen LogP contribution in [0.15, 0.2) is 30.3 Å². The topological polar surface area (TPSA) is 52.6 Å². The van der Waals surface area contributed by atoms with E-state index in [4.69, 9.17) is 0 Å². The van der Waals surface area contributed by atoms with Gasteiger partial charge in [0.25, 0.3) is 5.91 Å². The molecule has 1 saturated heterocycles. The molecule has 0 bridgehead atoms. The van der Waals surface area contributed by atoms with E-state index in [0.29, 0.717) is 12.1 Å². The lowest BCUT2D eigenvalue weighted by Gasteiger charge is -2.29. The van der Waals surface area contributed by atoms with Crippen LogP contribution in [0.25, 0.3) is 0 Å². The van der Waals surface area contributed by atoms with Crippen LogP contribution >= 0.6 is 0 Å². The Hall–Kier alpha value is -1.39. The first-order valence-electron chi connectivity index (χ1n) is 6.99. The van der Waals surface area contributed by atoms with Crippen LogP contribution in [0.2, 0.25) is 0 Å². The summed E-state index contributed by atoms with van der Waals surface area (Å²) in [5.74, 6) is -0.00494. The molecule has 0 spiro atoms. The molecule has 2 N–H and O–H groups in total. The van der Waals surface area contributed by atoms with Crippen molar-refractivity contribution >= 4 is 5.91 Å². The summed E-state index contributed by atoms with van der Waals surface area (Å²) in [4.78, 5) is 14.1. The number of rotatable bonds is 5. The van der Waals surface area contributed by atoms with Crippen molar-refractivity contribution in [2.45, 2.75) is 25.4 Å². The Bertz CT molecular complexity index is 386. The van der Waals surface area contributed by atoms with Gasteiger partial charge in [0.05, 0.1) is 6.10 Å². The number of hydrogen-bond donors (Lipinski definition) is 2. The standard InChI is InChI=1S/C15H22N2O2/c18-14-7-11-17(12-8-14)10-4-9-16-15(19)13-5-2-1-3-6-13/h1-3,5-6,14,18H,4,7-12H2,(H,16,19). The van der Waals surface area contributed by atoms with Gasteiger partial charge in [0.1, 0.15) is 0 Å². The average Bonchev–Trinajstić information content (AvgIpc) is 2.46. The van der Waals surface area contributed by atoms with Gasteiger partial charge in [-0.3, -0.25) is 4.79 Å². The molecule has 1 heterocycles. The molecule has 0 radical (unpaired) electrons. The Morgan fingerprint density at radius 1 is 1.26 bits per heavy atom. The van der Waals surface area contributed by atoms with E-state index >= 15 is 0 Å². The second kappa shape index (κ2) is 7.26. The molecule has 1 aromatic rings. The van der Waals surface area contributed by atoms with E-state index in [1.165, 1.54) is 0 Å². The Morgan fingerprint density at radius 3 is 2.63 bits per heavy atom. The summed E-state index contributed by atoms with van der Waals surface area (Å²) in [5.41, 5.74) is 0.712. The van der Waals surface area contributed by atoms with Crippen LogP contribution in [0.1, 0.15) is 29.6 Å². The third-order valence-electron chi connectivity index (χ3n) is 3.53. The molecule has 104 valence electrons. The monoisotopic (exact) mass is 262 g/mol. The number of hydrogen-bond acceptors (Lipinski definition) is 3. The largest absolute Gasteiger partial charge is 0.393 e. The van der Waals surface area contributed by atoms with Gasteiger partial charge in [0, 0.05) is 25.2 Å². The SMILES string of the molecule is O=C(NCCCN1CCC(O)CC1)c1ccccc1. The molecular weight excluding hydrogens is 240 g/mol. The third-order valence-corrected chi connectivity index (χ3v) is 3.53. The van der Waals surface area contributed by atoms with Gasteiger partial charge in [-0.2, -0.15) is 0 Å². The molecule has 1 aromatic carbocycles. The Balaban J connectivity index is 1.61. The van der Waals surface area contributed by atoms with Crippen LogP contribution in [0.3, 0.4) is 0 Å². The molecule has 0 saturated carbocycles. The second-order valence-corrected chi connectivity index (χ2v) is 5.05. The molecule has 0 unspecified atom stereocenters. The van der Waals surface area contributed by atoms with Crippen molar-refractivity contribution in [1.82, 2.24) is 10.2 Å². The van der Waals surface area contributed by atoms with E-state index in [2.05, 4.69) is 10.2 Å². The van der Waals surface area contributed by atoms with Crippen molar-refractivity contribution in [2.75, 3.05) is 26.2 Å². The Labute approximate surface area is 114 Å². The van der Waals surface area contributed by atoms with E-state index in [-0.39, 0.29) is 12.0 Å². The molecule has 4 heteroatoms. The molecule has 4 nitrogen and oxygen atoms in total. The number of aliphatic hydroxyl groups is 1. The highest BCUT2D eigenvalue weighted by Crippen LogP contribution is 2.09. The lowest BCUT2D eigenvalue weighted by molar-refractivity contribution is 0.0816. The van der Waals surface area contributed by atoms with Gasteiger partial charge in [-0.05, 0) is 37.9 Å². The lowest BCUT2D eigenvalue weighted by atomic mass is 10.1. The fraction of sp³-hybridized carbons (Fsp3) is 0.533. The minimum atomic E-state index is -0.117. The Morgan fingerprint density at radius 2 is 1.95 bits per heavy atom. The zero-order valence-electron chi connectivity index (χ0n) is 11.2. The summed E-state index contributed by atoms with van der Waals surface area (Å²) in [6.07, 6.45) is 2.58. The van der Waals surface area contributed by atoms with E-state index in [1.54, 1.807) is 0 Å². The molecule has 1 fully saturated rings. The molecule has 1 aliphatic heterocycles. The first-order chi connectivity index (χ1) is 9.25. The average molecular weight is 262 g/mol. The second-order valence-electron chi connectivity index (χ2n) is 5.05. The van der Waals surface area contributed by atoms with Gasteiger partial charge < -0.3 is 15.3 Å². The number of carbonyl (C=O) groups excluding carboxylic acids is 1. The zero-order valence-corrected chi connectivity index (χ0v) is 11.2. The number of nitrogens with zero attached hydrogens (tertiary/aromatic N) is 1. The number of carbonyl (C=O) groups is 1. The smallest absolute Gasteiger partial charge is 0.251 e. The molecule has 0 aliphatic carbocycles. The van der Waals surface area contributed by atoms with Crippen molar-refractivity contribution in [1.29, 1.82) is 0 Å². The predicted molar refractivity (Wildman–Crippen MR) is 75.1 cm³/mol. The molecule has 1 amide bonds. The maximum absolute atomic E-state index is 11.8. The molecule has 0 atom stereocenters. The molecule has 2 rings (SSSR count). The first-order valence-corrected chi connectivity index (χ1v) is 6.99. The number of aliphatic hydroxyl groups excluding tert-OH is 1. The third kappa shape index (κ3) is 4.65. The normalized spacial score (nSPS) is 17.3. The van der Waals surface area contributed by atoms with Crippen LogP contribution in [0.5, 0.6) is 0 Å². The predicted octanol–water partition coefficient (Wildman–Crippen LogP) is 1.26. The summed E-state index contributed by atoms with van der Waals surface area (Å²) < 4.78 is 0. The minimum Gasteiger partial charge on any atom is -0.393 e. The fourth-order valence-corrected chi connectivity index (χ4v) is 2.34. The van der Waals surface area contributed by atoms with E-state index < -0.39 is 0 Å². The summed E-state index contributed by atoms with van der Waals surface area (Å²) in [5, 5.41) is 12.3. The van der Waals surface area contributed by atoms with Crippen LogP contribution in [0, 0.1) is 0 Å². The summed E-state index contributed by atoms with van der Waals surface area (Å²) in [6, 6.07) is 9.28. The van der Waals surface area contributed by atoms with Crippen LogP contribution in [-0.2, 0) is 0 Å². The molecule has 0 aromatic heterocycles. The molecule has 19 heavy (non-hydrogen) atoms. The van der Waals surface area contributed by atoms with Crippen molar-refractivity contribution < 1.29 is 9.90 Å². The van der Waals surface area contributed by atoms with E-state index in [0.717, 1.165) is 38.9 Å². The van der Waals surface area contributed by atoms with Crippen LogP contribution in [0.4, 0.5) is 0 Å². The minimum absolute atomic E-state index is 0.00494. The van der Waals surface area contributed by atoms with E-state index in [9.17, 15) is 9.90 Å². The number of benzene rings is 1. The summed E-state index contributed by atoms with van der Waals surface area (Å²) in [7, 11) is 0. The first kappa shape index (κ1) is 14.0. The number of nitrogens with one attached hydrogen (secondary N) is 1. The zero-order chi connectivity index (χ0) is 13.5. The van der Waals surface area contributed by atoms with Gasteiger partial charge in [0.2, 0.25) is 0 Å². The van der Waals surface area contributed by atoms with Crippen molar-refractivity contribution in [3.8, 4) is 0 Å². The summed E-state index contributed by atoms with van der Waals surface area (Å²) >= 11 is 0. The van der Waals surface area contributed by atoms with Gasteiger partial charge in [-0.15, -0.1) is 0 Å². The van der Waals surface area contributed by atoms with Gasteiger partial charge in [-0.25, -0.2) is 0 Å². The maximum atomic E-state index is 11.8. The Kier molecular flexibility index (Phi) is 5.36. The number of piperidine rings is 1. The van der Waals surface area contributed by atoms with Crippen LogP contribution in [-0.4, -0.2) is 48.2 Å².